The molecule has 2 atom stereocenters. The Bertz CT molecular complexity index is 554. The van der Waals surface area contributed by atoms with Gasteiger partial charge in [0.1, 0.15) is 0 Å². The van der Waals surface area contributed by atoms with E-state index in [2.05, 4.69) is 17.1 Å². The van der Waals surface area contributed by atoms with Gasteiger partial charge in [-0.1, -0.05) is 6.92 Å². The van der Waals surface area contributed by atoms with Crippen LogP contribution in [0.4, 0.5) is 4.79 Å². The van der Waals surface area contributed by atoms with E-state index in [0.29, 0.717) is 11.8 Å². The lowest BCUT2D eigenvalue weighted by molar-refractivity contribution is -0.141. The van der Waals surface area contributed by atoms with Gasteiger partial charge in [0.25, 0.3) is 0 Å². The van der Waals surface area contributed by atoms with Crippen molar-refractivity contribution in [1.29, 1.82) is 0 Å². The maximum Gasteiger partial charge on any atom is 0.317 e. The Morgan fingerprint density at radius 3 is 2.35 bits per heavy atom. The van der Waals surface area contributed by atoms with Gasteiger partial charge in [-0.05, 0) is 57.4 Å². The molecule has 2 heterocycles. The van der Waals surface area contributed by atoms with E-state index >= 15 is 0 Å². The van der Waals surface area contributed by atoms with E-state index in [-0.39, 0.29) is 22.9 Å². The van der Waals surface area contributed by atoms with Crippen LogP contribution in [0, 0.1) is 16.7 Å². The number of nitrogens with one attached hydrogen (secondary N) is 1. The molecule has 1 saturated carbocycles. The number of piperidine rings is 1. The van der Waals surface area contributed by atoms with Crippen molar-refractivity contribution in [3.05, 3.63) is 0 Å². The molecule has 1 spiro atoms. The first kappa shape index (κ1) is 19.5. The van der Waals surface area contributed by atoms with E-state index < -0.39 is 0 Å². The van der Waals surface area contributed by atoms with Crippen molar-refractivity contribution in [1.82, 2.24) is 20.0 Å². The number of carbonyl (C=O) groups excluding carboxylic acids is 2. The van der Waals surface area contributed by atoms with Gasteiger partial charge in [-0.3, -0.25) is 4.79 Å². The molecule has 3 aliphatic rings. The normalized spacial score (nSPS) is 30.7. The van der Waals surface area contributed by atoms with Gasteiger partial charge in [0.05, 0.1) is 5.41 Å². The third-order valence-corrected chi connectivity index (χ3v) is 7.16. The summed E-state index contributed by atoms with van der Waals surface area (Å²) in [5.74, 6) is 0.746. The fraction of sp³-hybridized carbons (Fsp3) is 0.900. The zero-order chi connectivity index (χ0) is 19.1. The van der Waals surface area contributed by atoms with Gasteiger partial charge in [0.2, 0.25) is 5.91 Å². The molecule has 0 bridgehead atoms. The van der Waals surface area contributed by atoms with E-state index in [1.165, 1.54) is 0 Å². The molecule has 0 aromatic carbocycles. The molecule has 2 saturated heterocycles. The Morgan fingerprint density at radius 1 is 1.15 bits per heavy atom. The standard InChI is InChI=1S/C20H36N4O2/c1-6-23-13-16-19(7-8-20(16,14-23)17(25)22(4)5)9-11-24(12-10-19)18(26)21-15(2)3/h15-16H,6-14H2,1-5H3,(H,21,26)/t16-,20+/m0/s1. The predicted octanol–water partition coefficient (Wildman–Crippen LogP) is 2.01. The third-order valence-electron chi connectivity index (χ3n) is 7.16. The second kappa shape index (κ2) is 7.02. The van der Waals surface area contributed by atoms with Gasteiger partial charge >= 0.3 is 6.03 Å². The van der Waals surface area contributed by atoms with Crippen molar-refractivity contribution in [2.75, 3.05) is 46.8 Å². The zero-order valence-electron chi connectivity index (χ0n) is 17.2. The van der Waals surface area contributed by atoms with Crippen molar-refractivity contribution in [3.63, 3.8) is 0 Å². The molecule has 1 aliphatic carbocycles. The molecule has 6 nitrogen and oxygen atoms in total. The zero-order valence-corrected chi connectivity index (χ0v) is 17.2. The van der Waals surface area contributed by atoms with Crippen LogP contribution in [0.5, 0.6) is 0 Å². The summed E-state index contributed by atoms with van der Waals surface area (Å²) in [7, 11) is 3.79. The highest BCUT2D eigenvalue weighted by Crippen LogP contribution is 2.62. The minimum atomic E-state index is -0.206. The van der Waals surface area contributed by atoms with Crippen LogP contribution >= 0.6 is 0 Å². The molecule has 0 aromatic rings. The van der Waals surface area contributed by atoms with E-state index in [4.69, 9.17) is 0 Å². The van der Waals surface area contributed by atoms with Crippen LogP contribution in [0.3, 0.4) is 0 Å². The fourth-order valence-corrected chi connectivity index (χ4v) is 5.79. The third kappa shape index (κ3) is 3.10. The van der Waals surface area contributed by atoms with Crippen molar-refractivity contribution < 1.29 is 9.59 Å². The smallest absolute Gasteiger partial charge is 0.317 e. The number of fused-ring (bicyclic) bond motifs is 2. The first-order valence-electron chi connectivity index (χ1n) is 10.2. The molecule has 0 unspecified atom stereocenters. The number of urea groups is 1. The van der Waals surface area contributed by atoms with E-state index in [1.54, 1.807) is 4.90 Å². The van der Waals surface area contributed by atoms with Crippen LogP contribution in [0.1, 0.15) is 46.5 Å². The first-order valence-corrected chi connectivity index (χ1v) is 10.2. The van der Waals surface area contributed by atoms with Crippen LogP contribution in [0.25, 0.3) is 0 Å². The van der Waals surface area contributed by atoms with Crippen LogP contribution in [0.2, 0.25) is 0 Å². The average Bonchev–Trinajstić information content (AvgIpc) is 3.11. The molecule has 0 radical (unpaired) electrons. The second-order valence-corrected chi connectivity index (χ2v) is 9.19. The molecular formula is C20H36N4O2. The average molecular weight is 365 g/mol. The summed E-state index contributed by atoms with van der Waals surface area (Å²) in [6.07, 6.45) is 4.20. The molecular weight excluding hydrogens is 328 g/mol. The molecule has 148 valence electrons. The summed E-state index contributed by atoms with van der Waals surface area (Å²) < 4.78 is 0. The largest absolute Gasteiger partial charge is 0.348 e. The molecule has 2 aliphatic heterocycles. The molecule has 3 rings (SSSR count). The lowest BCUT2D eigenvalue weighted by Crippen LogP contribution is -2.52. The molecule has 6 heteroatoms. The fourth-order valence-electron chi connectivity index (χ4n) is 5.79. The van der Waals surface area contributed by atoms with E-state index in [9.17, 15) is 9.59 Å². The first-order chi connectivity index (χ1) is 12.2. The SMILES string of the molecule is CCN1C[C@H]2C3(CCN(C(=O)NC(C)C)CC3)CC[C@@]2(C(=O)N(C)C)C1. The topological polar surface area (TPSA) is 55.9 Å². The van der Waals surface area contributed by atoms with E-state index in [0.717, 1.165) is 58.4 Å². The van der Waals surface area contributed by atoms with Crippen LogP contribution in [0.15, 0.2) is 0 Å². The van der Waals surface area contributed by atoms with E-state index in [1.807, 2.05) is 32.8 Å². The Labute approximate surface area is 158 Å². The number of hydrogen-bond donors (Lipinski definition) is 1. The summed E-state index contributed by atoms with van der Waals surface area (Å²) in [6, 6.07) is 0.230. The maximum absolute atomic E-state index is 13.2. The molecule has 1 N–H and O–H groups in total. The number of nitrogens with zero attached hydrogens (tertiary/aromatic N) is 3. The van der Waals surface area contributed by atoms with Crippen LogP contribution < -0.4 is 5.32 Å². The van der Waals surface area contributed by atoms with Gasteiger partial charge in [0, 0.05) is 46.3 Å². The van der Waals surface area contributed by atoms with Crippen molar-refractivity contribution in [2.24, 2.45) is 16.7 Å². The van der Waals surface area contributed by atoms with Gasteiger partial charge in [-0.25, -0.2) is 4.79 Å². The van der Waals surface area contributed by atoms with Crippen LogP contribution in [-0.2, 0) is 4.79 Å². The monoisotopic (exact) mass is 364 g/mol. The Morgan fingerprint density at radius 2 is 1.81 bits per heavy atom. The summed E-state index contributed by atoms with van der Waals surface area (Å²) in [5.41, 5.74) is 0.0199. The van der Waals surface area contributed by atoms with Gasteiger partial charge in [0.15, 0.2) is 0 Å². The maximum atomic E-state index is 13.2. The second-order valence-electron chi connectivity index (χ2n) is 9.19. The number of amides is 3. The molecule has 0 aromatic heterocycles. The highest BCUT2D eigenvalue weighted by Gasteiger charge is 2.64. The Balaban J connectivity index is 1.76. The van der Waals surface area contributed by atoms with Gasteiger partial charge in [-0.2, -0.15) is 0 Å². The summed E-state index contributed by atoms with van der Waals surface area (Å²) in [5, 5.41) is 3.01. The molecule has 3 amide bonds. The van der Waals surface area contributed by atoms with Gasteiger partial charge in [-0.15, -0.1) is 0 Å². The molecule has 26 heavy (non-hydrogen) atoms. The quantitative estimate of drug-likeness (QED) is 0.833. The number of carbonyl (C=O) groups is 2. The minimum absolute atomic E-state index is 0.0603. The van der Waals surface area contributed by atoms with Crippen molar-refractivity contribution in [3.8, 4) is 0 Å². The highest BCUT2D eigenvalue weighted by molar-refractivity contribution is 5.84. The summed E-state index contributed by atoms with van der Waals surface area (Å²) >= 11 is 0. The summed E-state index contributed by atoms with van der Waals surface area (Å²) in [6.45, 7) is 10.8. The van der Waals surface area contributed by atoms with Gasteiger partial charge < -0.3 is 20.0 Å². The number of rotatable bonds is 3. The predicted molar refractivity (Wildman–Crippen MR) is 103 cm³/mol. The molecule has 3 fully saturated rings. The lowest BCUT2D eigenvalue weighted by atomic mass is 9.65. The Kier molecular flexibility index (Phi) is 5.26. The van der Waals surface area contributed by atoms with Crippen molar-refractivity contribution >= 4 is 11.9 Å². The Hall–Kier alpha value is -1.30. The lowest BCUT2D eigenvalue weighted by Gasteiger charge is -2.44. The minimum Gasteiger partial charge on any atom is -0.348 e. The summed E-state index contributed by atoms with van der Waals surface area (Å²) in [4.78, 5) is 31.7. The number of likely N-dealkylation sites (tertiary alicyclic amines) is 2. The highest BCUT2D eigenvalue weighted by atomic mass is 16.2. The number of hydrogen-bond acceptors (Lipinski definition) is 3. The van der Waals surface area contributed by atoms with Crippen molar-refractivity contribution in [2.45, 2.75) is 52.5 Å². The van der Waals surface area contributed by atoms with Crippen LogP contribution in [-0.4, -0.2) is 79.5 Å².